The van der Waals surface area contributed by atoms with Crippen molar-refractivity contribution < 1.29 is 10.2 Å². The highest BCUT2D eigenvalue weighted by atomic mass is 16.3. The first-order valence-corrected chi connectivity index (χ1v) is 6.57. The lowest BCUT2D eigenvalue weighted by Gasteiger charge is -2.08. The smallest absolute Gasteiger partial charge is 0.0610 e. The standard InChI is InChI=1S/C16H17NO2/c18-10-8-12-4-3-6-14-13-5-1-2-7-15(13)17(9-11-19)16(12)14/h1-7,18-19H,8-11H2. The average molecular weight is 255 g/mol. The molecule has 3 heteroatoms. The van der Waals surface area contributed by atoms with E-state index in [0.29, 0.717) is 13.0 Å². The summed E-state index contributed by atoms with van der Waals surface area (Å²) >= 11 is 0. The number of hydrogen-bond acceptors (Lipinski definition) is 2. The van der Waals surface area contributed by atoms with Gasteiger partial charge < -0.3 is 14.8 Å². The minimum absolute atomic E-state index is 0.112. The first-order valence-electron chi connectivity index (χ1n) is 6.57. The zero-order valence-corrected chi connectivity index (χ0v) is 10.7. The Balaban J connectivity index is 2.42. The molecule has 0 amide bonds. The molecule has 0 bridgehead atoms. The summed E-state index contributed by atoms with van der Waals surface area (Å²) < 4.78 is 2.15. The van der Waals surface area contributed by atoms with Gasteiger partial charge in [-0.15, -0.1) is 0 Å². The highest BCUT2D eigenvalue weighted by Crippen LogP contribution is 2.31. The van der Waals surface area contributed by atoms with E-state index in [-0.39, 0.29) is 13.2 Å². The Morgan fingerprint density at radius 3 is 2.42 bits per heavy atom. The lowest BCUT2D eigenvalue weighted by atomic mass is 10.1. The van der Waals surface area contributed by atoms with E-state index in [1.807, 2.05) is 24.3 Å². The lowest BCUT2D eigenvalue weighted by Crippen LogP contribution is -2.04. The molecule has 0 fully saturated rings. The molecule has 1 aromatic heterocycles. The summed E-state index contributed by atoms with van der Waals surface area (Å²) in [6, 6.07) is 14.4. The fourth-order valence-electron chi connectivity index (χ4n) is 2.84. The molecular formula is C16H17NO2. The summed E-state index contributed by atoms with van der Waals surface area (Å²) in [5.41, 5.74) is 3.40. The third-order valence-electron chi connectivity index (χ3n) is 3.58. The van der Waals surface area contributed by atoms with Gasteiger partial charge in [0, 0.05) is 29.4 Å². The predicted octanol–water partition coefficient (Wildman–Crippen LogP) is 2.32. The first-order chi connectivity index (χ1) is 9.36. The van der Waals surface area contributed by atoms with Crippen molar-refractivity contribution in [1.82, 2.24) is 4.57 Å². The van der Waals surface area contributed by atoms with Crippen LogP contribution in [0.2, 0.25) is 0 Å². The molecule has 0 atom stereocenters. The summed E-state index contributed by atoms with van der Waals surface area (Å²) in [6.07, 6.45) is 0.638. The monoisotopic (exact) mass is 255 g/mol. The van der Waals surface area contributed by atoms with Crippen molar-refractivity contribution in [3.63, 3.8) is 0 Å². The van der Waals surface area contributed by atoms with Gasteiger partial charge in [-0.3, -0.25) is 0 Å². The third-order valence-corrected chi connectivity index (χ3v) is 3.58. The van der Waals surface area contributed by atoms with Crippen LogP contribution >= 0.6 is 0 Å². The van der Waals surface area contributed by atoms with E-state index >= 15 is 0 Å². The van der Waals surface area contributed by atoms with Crippen LogP contribution in [0.25, 0.3) is 21.8 Å². The summed E-state index contributed by atoms with van der Waals surface area (Å²) in [4.78, 5) is 0. The maximum atomic E-state index is 9.31. The molecule has 3 rings (SSSR count). The quantitative estimate of drug-likeness (QED) is 0.751. The van der Waals surface area contributed by atoms with Crippen molar-refractivity contribution in [3.05, 3.63) is 48.0 Å². The molecule has 2 N–H and O–H groups in total. The SMILES string of the molecule is OCCc1cccc2c3ccccc3n(CCO)c12. The van der Waals surface area contributed by atoms with Crippen molar-refractivity contribution in [2.75, 3.05) is 13.2 Å². The zero-order valence-electron chi connectivity index (χ0n) is 10.7. The average Bonchev–Trinajstić information content (AvgIpc) is 2.76. The molecule has 1 heterocycles. The number of para-hydroxylation sites is 2. The molecule has 0 radical (unpaired) electrons. The van der Waals surface area contributed by atoms with E-state index < -0.39 is 0 Å². The van der Waals surface area contributed by atoms with Crippen LogP contribution in [0.1, 0.15) is 5.56 Å². The van der Waals surface area contributed by atoms with Crippen LogP contribution in [0.15, 0.2) is 42.5 Å². The number of rotatable bonds is 4. The molecule has 0 saturated carbocycles. The third kappa shape index (κ3) is 1.91. The van der Waals surface area contributed by atoms with Gasteiger partial charge in [-0.2, -0.15) is 0 Å². The van der Waals surface area contributed by atoms with Crippen LogP contribution in [0, 0.1) is 0 Å². The number of aromatic nitrogens is 1. The van der Waals surface area contributed by atoms with Gasteiger partial charge in [0.2, 0.25) is 0 Å². The van der Waals surface area contributed by atoms with Crippen LogP contribution in [0.3, 0.4) is 0 Å². The Morgan fingerprint density at radius 1 is 0.842 bits per heavy atom. The van der Waals surface area contributed by atoms with Gasteiger partial charge in [0.25, 0.3) is 0 Å². The normalized spacial score (nSPS) is 11.5. The van der Waals surface area contributed by atoms with Crippen LogP contribution in [-0.2, 0) is 13.0 Å². The topological polar surface area (TPSA) is 45.4 Å². The molecule has 19 heavy (non-hydrogen) atoms. The van der Waals surface area contributed by atoms with E-state index in [9.17, 15) is 10.2 Å². The van der Waals surface area contributed by atoms with Gasteiger partial charge >= 0.3 is 0 Å². The van der Waals surface area contributed by atoms with Gasteiger partial charge in [-0.05, 0) is 18.1 Å². The van der Waals surface area contributed by atoms with E-state index in [1.165, 1.54) is 10.8 Å². The Labute approximate surface area is 111 Å². The number of fused-ring (bicyclic) bond motifs is 3. The van der Waals surface area contributed by atoms with Crippen LogP contribution < -0.4 is 0 Å². The second kappa shape index (κ2) is 5.03. The Hall–Kier alpha value is -1.84. The minimum atomic E-state index is 0.112. The van der Waals surface area contributed by atoms with Gasteiger partial charge in [0.05, 0.1) is 12.1 Å². The molecule has 3 nitrogen and oxygen atoms in total. The minimum Gasteiger partial charge on any atom is -0.396 e. The number of benzene rings is 2. The van der Waals surface area contributed by atoms with Gasteiger partial charge in [-0.1, -0.05) is 36.4 Å². The zero-order chi connectivity index (χ0) is 13.2. The van der Waals surface area contributed by atoms with E-state index in [0.717, 1.165) is 16.6 Å². The van der Waals surface area contributed by atoms with E-state index in [1.54, 1.807) is 0 Å². The second-order valence-electron chi connectivity index (χ2n) is 4.68. The van der Waals surface area contributed by atoms with Gasteiger partial charge in [-0.25, -0.2) is 0 Å². The Morgan fingerprint density at radius 2 is 1.63 bits per heavy atom. The molecule has 0 aliphatic rings. The molecule has 0 spiro atoms. The van der Waals surface area contributed by atoms with Gasteiger partial charge in [0.1, 0.15) is 0 Å². The number of hydrogen-bond donors (Lipinski definition) is 2. The summed E-state index contributed by atoms with van der Waals surface area (Å²) in [5.74, 6) is 0. The van der Waals surface area contributed by atoms with Crippen molar-refractivity contribution in [1.29, 1.82) is 0 Å². The van der Waals surface area contributed by atoms with E-state index in [2.05, 4.69) is 22.8 Å². The molecular weight excluding hydrogens is 238 g/mol. The summed E-state index contributed by atoms with van der Waals surface area (Å²) in [6.45, 7) is 0.827. The largest absolute Gasteiger partial charge is 0.396 e. The Kier molecular flexibility index (Phi) is 3.23. The molecule has 0 saturated heterocycles. The summed E-state index contributed by atoms with van der Waals surface area (Å²) in [5, 5.41) is 20.9. The molecule has 0 aliphatic carbocycles. The lowest BCUT2D eigenvalue weighted by molar-refractivity contribution is 0.279. The second-order valence-corrected chi connectivity index (χ2v) is 4.68. The van der Waals surface area contributed by atoms with Crippen molar-refractivity contribution in [3.8, 4) is 0 Å². The molecule has 2 aromatic carbocycles. The number of nitrogens with zero attached hydrogens (tertiary/aromatic N) is 1. The van der Waals surface area contributed by atoms with Crippen molar-refractivity contribution in [2.24, 2.45) is 0 Å². The molecule has 98 valence electrons. The van der Waals surface area contributed by atoms with Crippen LogP contribution in [0.5, 0.6) is 0 Å². The van der Waals surface area contributed by atoms with E-state index in [4.69, 9.17) is 0 Å². The highest BCUT2D eigenvalue weighted by molar-refractivity contribution is 6.09. The molecule has 0 aliphatic heterocycles. The van der Waals surface area contributed by atoms with Crippen LogP contribution in [-0.4, -0.2) is 28.0 Å². The Bertz CT molecular complexity index is 715. The van der Waals surface area contributed by atoms with Crippen LogP contribution in [0.4, 0.5) is 0 Å². The number of aliphatic hydroxyl groups excluding tert-OH is 2. The first kappa shape index (κ1) is 12.2. The fraction of sp³-hybridized carbons (Fsp3) is 0.250. The highest BCUT2D eigenvalue weighted by Gasteiger charge is 2.12. The number of aliphatic hydroxyl groups is 2. The summed E-state index contributed by atoms with van der Waals surface area (Å²) in [7, 11) is 0. The molecule has 3 aromatic rings. The maximum absolute atomic E-state index is 9.31. The fourth-order valence-corrected chi connectivity index (χ4v) is 2.84. The van der Waals surface area contributed by atoms with Crippen molar-refractivity contribution in [2.45, 2.75) is 13.0 Å². The molecule has 0 unspecified atom stereocenters. The van der Waals surface area contributed by atoms with Crippen molar-refractivity contribution >= 4 is 21.8 Å². The maximum Gasteiger partial charge on any atom is 0.0610 e. The van der Waals surface area contributed by atoms with Gasteiger partial charge in [0.15, 0.2) is 0 Å². The predicted molar refractivity (Wildman–Crippen MR) is 77.3 cm³/mol.